The highest BCUT2D eigenvalue weighted by Crippen LogP contribution is 2.37. The van der Waals surface area contributed by atoms with Crippen molar-refractivity contribution in [1.82, 2.24) is 5.01 Å². The minimum atomic E-state index is -0.752. The van der Waals surface area contributed by atoms with Crippen molar-refractivity contribution in [2.24, 2.45) is 10.3 Å². The molecule has 1 aliphatic heterocycles. The SMILES string of the molecule is CN1N=NC2CCCCC21O. The first-order valence-corrected chi connectivity index (χ1v) is 4.10. The molecule has 2 rings (SSSR count). The van der Waals surface area contributed by atoms with Crippen molar-refractivity contribution in [2.45, 2.75) is 37.5 Å². The highest BCUT2D eigenvalue weighted by Gasteiger charge is 2.46. The lowest BCUT2D eigenvalue weighted by molar-refractivity contribution is -0.109. The lowest BCUT2D eigenvalue weighted by Crippen LogP contribution is -2.50. The van der Waals surface area contributed by atoms with E-state index < -0.39 is 5.72 Å². The van der Waals surface area contributed by atoms with E-state index in [-0.39, 0.29) is 6.04 Å². The van der Waals surface area contributed by atoms with Gasteiger partial charge in [0.1, 0.15) is 6.04 Å². The van der Waals surface area contributed by atoms with Crippen LogP contribution in [0.3, 0.4) is 0 Å². The van der Waals surface area contributed by atoms with Gasteiger partial charge in [0, 0.05) is 7.05 Å². The second-order valence-electron chi connectivity index (χ2n) is 3.37. The zero-order valence-corrected chi connectivity index (χ0v) is 6.69. The van der Waals surface area contributed by atoms with Crippen LogP contribution in [0.15, 0.2) is 10.3 Å². The van der Waals surface area contributed by atoms with Crippen LogP contribution in [-0.4, -0.2) is 28.9 Å². The van der Waals surface area contributed by atoms with E-state index in [0.717, 1.165) is 19.3 Å². The number of fused-ring (bicyclic) bond motifs is 1. The molecule has 1 saturated carbocycles. The second-order valence-corrected chi connectivity index (χ2v) is 3.37. The van der Waals surface area contributed by atoms with Crippen molar-refractivity contribution in [2.75, 3.05) is 7.05 Å². The summed E-state index contributed by atoms with van der Waals surface area (Å²) in [5.41, 5.74) is -0.752. The highest BCUT2D eigenvalue weighted by molar-refractivity contribution is 4.94. The fourth-order valence-corrected chi connectivity index (χ4v) is 1.87. The summed E-state index contributed by atoms with van der Waals surface area (Å²) in [4.78, 5) is 0. The summed E-state index contributed by atoms with van der Waals surface area (Å²) < 4.78 is 0. The highest BCUT2D eigenvalue weighted by atomic mass is 16.3. The van der Waals surface area contributed by atoms with Crippen LogP contribution in [-0.2, 0) is 0 Å². The van der Waals surface area contributed by atoms with Crippen LogP contribution in [0.1, 0.15) is 25.7 Å². The minimum Gasteiger partial charge on any atom is -0.367 e. The van der Waals surface area contributed by atoms with E-state index in [9.17, 15) is 5.11 Å². The Morgan fingerprint density at radius 1 is 1.55 bits per heavy atom. The Hall–Kier alpha value is -0.640. The molecular formula is C7H13N3O. The number of nitrogens with zero attached hydrogens (tertiary/aromatic N) is 3. The van der Waals surface area contributed by atoms with Gasteiger partial charge in [0.2, 0.25) is 0 Å². The maximum Gasteiger partial charge on any atom is 0.179 e. The van der Waals surface area contributed by atoms with E-state index in [1.54, 1.807) is 12.1 Å². The zero-order valence-electron chi connectivity index (χ0n) is 6.69. The Balaban J connectivity index is 2.21. The third-order valence-electron chi connectivity index (χ3n) is 2.69. The van der Waals surface area contributed by atoms with Gasteiger partial charge in [-0.25, -0.2) is 5.01 Å². The normalized spacial score (nSPS) is 42.7. The van der Waals surface area contributed by atoms with Gasteiger partial charge in [-0.1, -0.05) is 11.6 Å². The summed E-state index contributed by atoms with van der Waals surface area (Å²) in [5.74, 6) is 0. The molecule has 0 radical (unpaired) electrons. The van der Waals surface area contributed by atoms with Crippen molar-refractivity contribution in [3.63, 3.8) is 0 Å². The van der Waals surface area contributed by atoms with Crippen molar-refractivity contribution >= 4 is 0 Å². The Labute approximate surface area is 65.9 Å². The molecule has 0 aromatic rings. The summed E-state index contributed by atoms with van der Waals surface area (Å²) >= 11 is 0. The molecule has 62 valence electrons. The Kier molecular flexibility index (Phi) is 1.39. The first kappa shape index (κ1) is 7.03. The van der Waals surface area contributed by atoms with Crippen molar-refractivity contribution < 1.29 is 5.11 Å². The van der Waals surface area contributed by atoms with Gasteiger partial charge in [-0.3, -0.25) is 0 Å². The topological polar surface area (TPSA) is 48.2 Å². The smallest absolute Gasteiger partial charge is 0.179 e. The molecule has 4 nitrogen and oxygen atoms in total. The molecule has 11 heavy (non-hydrogen) atoms. The number of hydrogen-bond acceptors (Lipinski definition) is 4. The summed E-state index contributed by atoms with van der Waals surface area (Å²) in [6.07, 6.45) is 4.04. The van der Waals surface area contributed by atoms with Gasteiger partial charge in [-0.15, -0.1) is 0 Å². The molecule has 2 aliphatic rings. The van der Waals surface area contributed by atoms with E-state index in [1.807, 2.05) is 0 Å². The molecule has 0 aromatic carbocycles. The zero-order chi connectivity index (χ0) is 7.90. The van der Waals surface area contributed by atoms with Crippen molar-refractivity contribution in [3.8, 4) is 0 Å². The molecule has 1 fully saturated rings. The fraction of sp³-hybridized carbons (Fsp3) is 1.00. The van der Waals surface area contributed by atoms with Gasteiger partial charge in [0.05, 0.1) is 0 Å². The molecule has 2 unspecified atom stereocenters. The van der Waals surface area contributed by atoms with E-state index >= 15 is 0 Å². The van der Waals surface area contributed by atoms with Gasteiger partial charge < -0.3 is 5.11 Å². The largest absolute Gasteiger partial charge is 0.367 e. The third-order valence-corrected chi connectivity index (χ3v) is 2.69. The lowest BCUT2D eigenvalue weighted by Gasteiger charge is -2.35. The maximum absolute atomic E-state index is 10.0. The molecule has 0 bridgehead atoms. The molecule has 0 spiro atoms. The molecule has 1 N–H and O–H groups in total. The molecule has 0 aromatic heterocycles. The van der Waals surface area contributed by atoms with Gasteiger partial charge in [0.15, 0.2) is 5.72 Å². The molecule has 0 saturated heterocycles. The van der Waals surface area contributed by atoms with Gasteiger partial charge >= 0.3 is 0 Å². The summed E-state index contributed by atoms with van der Waals surface area (Å²) in [7, 11) is 1.79. The van der Waals surface area contributed by atoms with Crippen LogP contribution in [0.4, 0.5) is 0 Å². The summed E-state index contributed by atoms with van der Waals surface area (Å²) in [5, 5.41) is 19.5. The predicted molar refractivity (Wildman–Crippen MR) is 39.8 cm³/mol. The minimum absolute atomic E-state index is 0.0289. The Bertz CT molecular complexity index is 194. The number of hydrogen-bond donors (Lipinski definition) is 1. The molecule has 0 amide bonds. The van der Waals surface area contributed by atoms with E-state index in [2.05, 4.69) is 10.3 Å². The molecule has 2 atom stereocenters. The monoisotopic (exact) mass is 155 g/mol. The van der Waals surface area contributed by atoms with Crippen LogP contribution in [0, 0.1) is 0 Å². The standard InChI is InChI=1S/C7H13N3O/c1-10-7(11)5-3-2-4-6(7)8-9-10/h6,11H,2-5H2,1H3. The number of likely N-dealkylation sites (N-methyl/N-ethyl adjacent to an activating group) is 1. The average Bonchev–Trinajstić information content (AvgIpc) is 2.29. The molecule has 1 heterocycles. The Morgan fingerprint density at radius 2 is 2.36 bits per heavy atom. The van der Waals surface area contributed by atoms with Crippen LogP contribution in [0.2, 0.25) is 0 Å². The molecular weight excluding hydrogens is 142 g/mol. The van der Waals surface area contributed by atoms with E-state index in [0.29, 0.717) is 0 Å². The number of rotatable bonds is 0. The van der Waals surface area contributed by atoms with Crippen LogP contribution < -0.4 is 0 Å². The second kappa shape index (κ2) is 2.17. The van der Waals surface area contributed by atoms with Gasteiger partial charge in [-0.05, 0) is 19.3 Å². The first-order chi connectivity index (χ1) is 5.23. The van der Waals surface area contributed by atoms with Crippen LogP contribution >= 0.6 is 0 Å². The quantitative estimate of drug-likeness (QED) is 0.565. The van der Waals surface area contributed by atoms with Crippen molar-refractivity contribution in [3.05, 3.63) is 0 Å². The first-order valence-electron chi connectivity index (χ1n) is 4.10. The molecule has 1 aliphatic carbocycles. The molecule has 4 heteroatoms. The van der Waals surface area contributed by atoms with Crippen LogP contribution in [0.25, 0.3) is 0 Å². The van der Waals surface area contributed by atoms with Crippen LogP contribution in [0.5, 0.6) is 0 Å². The van der Waals surface area contributed by atoms with E-state index in [1.165, 1.54) is 6.42 Å². The summed E-state index contributed by atoms with van der Waals surface area (Å²) in [6, 6.07) is 0.0289. The maximum atomic E-state index is 10.0. The Morgan fingerprint density at radius 3 is 3.09 bits per heavy atom. The lowest BCUT2D eigenvalue weighted by atomic mass is 9.87. The number of aliphatic hydroxyl groups is 1. The van der Waals surface area contributed by atoms with E-state index in [4.69, 9.17) is 0 Å². The predicted octanol–water partition coefficient (Wildman–Crippen LogP) is 0.930. The van der Waals surface area contributed by atoms with Gasteiger partial charge in [0.25, 0.3) is 0 Å². The average molecular weight is 155 g/mol. The van der Waals surface area contributed by atoms with Crippen molar-refractivity contribution in [1.29, 1.82) is 0 Å². The fourth-order valence-electron chi connectivity index (χ4n) is 1.87. The third kappa shape index (κ3) is 0.854. The summed E-state index contributed by atoms with van der Waals surface area (Å²) in [6.45, 7) is 0. The van der Waals surface area contributed by atoms with Gasteiger partial charge in [-0.2, -0.15) is 5.11 Å².